The van der Waals surface area contributed by atoms with Gasteiger partial charge in [-0.2, -0.15) is 16.9 Å². The lowest BCUT2D eigenvalue weighted by Crippen LogP contribution is -2.23. The van der Waals surface area contributed by atoms with Gasteiger partial charge in [0.25, 0.3) is 0 Å². The second-order valence-electron chi connectivity index (χ2n) is 6.52. The Labute approximate surface area is 161 Å². The number of fused-ring (bicyclic) bond motifs is 1. The van der Waals surface area contributed by atoms with Gasteiger partial charge in [0.15, 0.2) is 0 Å². The number of carbonyl (C=O) groups is 1. The van der Waals surface area contributed by atoms with E-state index >= 15 is 0 Å². The number of nitrogens with one attached hydrogen (secondary N) is 1. The molecule has 0 saturated heterocycles. The number of halogens is 1. The van der Waals surface area contributed by atoms with Crippen molar-refractivity contribution in [2.24, 2.45) is 0 Å². The van der Waals surface area contributed by atoms with Gasteiger partial charge in [0.1, 0.15) is 11.6 Å². The Morgan fingerprint density at radius 3 is 2.63 bits per heavy atom. The minimum atomic E-state index is -0.297. The van der Waals surface area contributed by atoms with Gasteiger partial charge in [0.2, 0.25) is 5.91 Å². The molecule has 0 spiro atoms. The van der Waals surface area contributed by atoms with Crippen LogP contribution < -0.4 is 5.32 Å². The van der Waals surface area contributed by atoms with Crippen molar-refractivity contribution in [1.29, 1.82) is 0 Å². The van der Waals surface area contributed by atoms with E-state index in [2.05, 4.69) is 10.4 Å². The molecule has 0 unspecified atom stereocenters. The Bertz CT molecular complexity index is 954. The van der Waals surface area contributed by atoms with Gasteiger partial charge in [0.05, 0.1) is 17.3 Å². The van der Waals surface area contributed by atoms with E-state index in [1.165, 1.54) is 12.1 Å². The minimum absolute atomic E-state index is 0.0494. The number of nitrogens with zero attached hydrogens (tertiary/aromatic N) is 2. The Kier molecular flexibility index (Phi) is 4.99. The Morgan fingerprint density at radius 1 is 1.19 bits per heavy atom. The maximum absolute atomic E-state index is 13.3. The van der Waals surface area contributed by atoms with Crippen molar-refractivity contribution in [2.75, 3.05) is 5.32 Å². The summed E-state index contributed by atoms with van der Waals surface area (Å²) in [6, 6.07) is 16.0. The summed E-state index contributed by atoms with van der Waals surface area (Å²) in [5.41, 5.74) is 3.77. The van der Waals surface area contributed by atoms with Crippen molar-refractivity contribution < 1.29 is 9.18 Å². The van der Waals surface area contributed by atoms with Gasteiger partial charge in [-0.1, -0.05) is 37.3 Å². The fourth-order valence-corrected chi connectivity index (χ4v) is 4.41. The quantitative estimate of drug-likeness (QED) is 0.684. The third-order valence-electron chi connectivity index (χ3n) is 4.79. The van der Waals surface area contributed by atoms with Crippen LogP contribution in [0.1, 0.15) is 36.1 Å². The standard InChI is InChI=1S/C21H20FN3OS/c1-2-17(14-6-4-3-5-7-14)21(26)23-20-18-12-27-13-19(18)24-25(20)16-10-8-15(22)9-11-16/h3-11,17H,2,12-13H2,1H3,(H,23,26)/t17-/m1/s1. The highest BCUT2D eigenvalue weighted by Crippen LogP contribution is 2.36. The van der Waals surface area contributed by atoms with Crippen LogP contribution in [-0.4, -0.2) is 15.7 Å². The van der Waals surface area contributed by atoms with E-state index in [0.717, 1.165) is 34.0 Å². The zero-order chi connectivity index (χ0) is 18.8. The monoisotopic (exact) mass is 381 g/mol. The molecule has 1 aliphatic heterocycles. The first-order chi connectivity index (χ1) is 13.2. The summed E-state index contributed by atoms with van der Waals surface area (Å²) in [7, 11) is 0. The molecule has 0 bridgehead atoms. The van der Waals surface area contributed by atoms with Crippen LogP contribution in [0.4, 0.5) is 10.2 Å². The summed E-state index contributed by atoms with van der Waals surface area (Å²) in [5.74, 6) is 1.76. The van der Waals surface area contributed by atoms with E-state index in [1.807, 2.05) is 37.3 Å². The van der Waals surface area contributed by atoms with Crippen molar-refractivity contribution >= 4 is 23.5 Å². The van der Waals surface area contributed by atoms with Gasteiger partial charge in [-0.05, 0) is 36.2 Å². The number of benzene rings is 2. The van der Waals surface area contributed by atoms with E-state index in [1.54, 1.807) is 28.6 Å². The predicted molar refractivity (Wildman–Crippen MR) is 107 cm³/mol. The topological polar surface area (TPSA) is 46.9 Å². The zero-order valence-corrected chi connectivity index (χ0v) is 15.8. The van der Waals surface area contributed by atoms with Crippen molar-refractivity contribution in [1.82, 2.24) is 9.78 Å². The minimum Gasteiger partial charge on any atom is -0.310 e. The summed E-state index contributed by atoms with van der Waals surface area (Å²) >= 11 is 1.78. The first-order valence-electron chi connectivity index (χ1n) is 8.97. The molecule has 1 atom stereocenters. The van der Waals surface area contributed by atoms with Gasteiger partial charge in [0, 0.05) is 17.1 Å². The van der Waals surface area contributed by atoms with Crippen LogP contribution in [0.3, 0.4) is 0 Å². The third kappa shape index (κ3) is 3.49. The number of hydrogen-bond donors (Lipinski definition) is 1. The summed E-state index contributed by atoms with van der Waals surface area (Å²) in [4.78, 5) is 13.1. The molecule has 4 rings (SSSR count). The van der Waals surface area contributed by atoms with Gasteiger partial charge in [-0.3, -0.25) is 4.79 Å². The average molecular weight is 381 g/mol. The molecule has 0 fully saturated rings. The number of rotatable bonds is 5. The molecule has 1 N–H and O–H groups in total. The van der Waals surface area contributed by atoms with Crippen molar-refractivity contribution in [3.63, 3.8) is 0 Å². The number of thioether (sulfide) groups is 1. The second-order valence-corrected chi connectivity index (χ2v) is 7.50. The number of aromatic nitrogens is 2. The van der Waals surface area contributed by atoms with Crippen LogP contribution in [0.15, 0.2) is 54.6 Å². The van der Waals surface area contributed by atoms with Crippen molar-refractivity contribution in [2.45, 2.75) is 30.8 Å². The van der Waals surface area contributed by atoms with Crippen LogP contribution in [0.2, 0.25) is 0 Å². The van der Waals surface area contributed by atoms with Gasteiger partial charge < -0.3 is 5.32 Å². The van der Waals surface area contributed by atoms with Crippen molar-refractivity contribution in [3.8, 4) is 5.69 Å². The predicted octanol–water partition coefficient (Wildman–Crippen LogP) is 4.89. The molecule has 2 heterocycles. The molecular formula is C21H20FN3OS. The molecule has 138 valence electrons. The Morgan fingerprint density at radius 2 is 1.93 bits per heavy atom. The lowest BCUT2D eigenvalue weighted by Gasteiger charge is -2.17. The van der Waals surface area contributed by atoms with Crippen LogP contribution in [0.25, 0.3) is 5.69 Å². The summed E-state index contributed by atoms with van der Waals surface area (Å²) in [6.07, 6.45) is 0.706. The largest absolute Gasteiger partial charge is 0.310 e. The highest BCUT2D eigenvalue weighted by Gasteiger charge is 2.27. The maximum atomic E-state index is 13.3. The molecule has 1 aromatic heterocycles. The molecule has 0 aliphatic carbocycles. The second kappa shape index (κ2) is 7.56. The number of amides is 1. The maximum Gasteiger partial charge on any atom is 0.233 e. The van der Waals surface area contributed by atoms with E-state index in [-0.39, 0.29) is 17.6 Å². The third-order valence-corrected chi connectivity index (χ3v) is 5.76. The summed E-state index contributed by atoms with van der Waals surface area (Å²) in [6.45, 7) is 2.01. The average Bonchev–Trinajstić information content (AvgIpc) is 3.27. The normalized spacial score (nSPS) is 14.0. The molecule has 6 heteroatoms. The smallest absolute Gasteiger partial charge is 0.233 e. The Hall–Kier alpha value is -2.60. The van der Waals surface area contributed by atoms with Crippen molar-refractivity contribution in [3.05, 3.63) is 77.2 Å². The van der Waals surface area contributed by atoms with Gasteiger partial charge in [-0.25, -0.2) is 9.07 Å². The van der Waals surface area contributed by atoms with Crippen LogP contribution in [-0.2, 0) is 16.3 Å². The molecule has 2 aromatic carbocycles. The van der Waals surface area contributed by atoms with E-state index in [0.29, 0.717) is 12.2 Å². The van der Waals surface area contributed by atoms with Gasteiger partial charge >= 0.3 is 0 Å². The fraction of sp³-hybridized carbons (Fsp3) is 0.238. The summed E-state index contributed by atoms with van der Waals surface area (Å²) < 4.78 is 15.0. The number of hydrogen-bond acceptors (Lipinski definition) is 3. The first kappa shape index (κ1) is 17.8. The molecule has 3 aromatic rings. The molecule has 27 heavy (non-hydrogen) atoms. The fourth-order valence-electron chi connectivity index (χ4n) is 3.37. The van der Waals surface area contributed by atoms with E-state index in [4.69, 9.17) is 0 Å². The van der Waals surface area contributed by atoms with Crippen LogP contribution in [0, 0.1) is 5.82 Å². The SMILES string of the molecule is CC[C@@H](C(=O)Nc1c2c(nn1-c1ccc(F)cc1)CSC2)c1ccccc1. The molecule has 4 nitrogen and oxygen atoms in total. The lowest BCUT2D eigenvalue weighted by atomic mass is 9.95. The molecule has 1 aliphatic rings. The highest BCUT2D eigenvalue weighted by molar-refractivity contribution is 7.98. The number of carbonyl (C=O) groups excluding carboxylic acids is 1. The molecule has 0 radical (unpaired) electrons. The van der Waals surface area contributed by atoms with E-state index < -0.39 is 0 Å². The lowest BCUT2D eigenvalue weighted by molar-refractivity contribution is -0.117. The van der Waals surface area contributed by atoms with E-state index in [9.17, 15) is 9.18 Å². The summed E-state index contributed by atoms with van der Waals surface area (Å²) in [5, 5.41) is 7.77. The van der Waals surface area contributed by atoms with Crippen LogP contribution >= 0.6 is 11.8 Å². The molecule has 0 saturated carbocycles. The van der Waals surface area contributed by atoms with Crippen LogP contribution in [0.5, 0.6) is 0 Å². The zero-order valence-electron chi connectivity index (χ0n) is 15.0. The first-order valence-corrected chi connectivity index (χ1v) is 10.1. The molecular weight excluding hydrogens is 361 g/mol. The number of anilines is 1. The Balaban J connectivity index is 1.69. The highest BCUT2D eigenvalue weighted by atomic mass is 32.2. The molecule has 1 amide bonds. The van der Waals surface area contributed by atoms with Gasteiger partial charge in [-0.15, -0.1) is 0 Å².